The van der Waals surface area contributed by atoms with Gasteiger partial charge >= 0.3 is 0 Å². The summed E-state index contributed by atoms with van der Waals surface area (Å²) >= 11 is 1.57. The predicted molar refractivity (Wildman–Crippen MR) is 88.7 cm³/mol. The Balaban J connectivity index is 1.55. The summed E-state index contributed by atoms with van der Waals surface area (Å²) in [6, 6.07) is 5.81. The quantitative estimate of drug-likeness (QED) is 0.812. The minimum Gasteiger partial charge on any atom is -0.454 e. The summed E-state index contributed by atoms with van der Waals surface area (Å²) in [5.74, 6) is 1.54. The molecule has 23 heavy (non-hydrogen) atoms. The highest BCUT2D eigenvalue weighted by atomic mass is 32.1. The average Bonchev–Trinajstić information content (AvgIpc) is 3.21. The van der Waals surface area contributed by atoms with Crippen molar-refractivity contribution in [1.82, 2.24) is 15.6 Å². The lowest BCUT2D eigenvalue weighted by Crippen LogP contribution is -2.33. The topological polar surface area (TPSA) is 72.5 Å². The van der Waals surface area contributed by atoms with Gasteiger partial charge in [0.15, 0.2) is 11.5 Å². The molecule has 0 saturated heterocycles. The lowest BCUT2D eigenvalue weighted by Gasteiger charge is -2.04. The number of carbonyl (C=O) groups is 1. The van der Waals surface area contributed by atoms with Crippen LogP contribution in [0.2, 0.25) is 0 Å². The van der Waals surface area contributed by atoms with E-state index in [2.05, 4.69) is 15.6 Å². The molecule has 122 valence electrons. The Hall–Kier alpha value is -2.12. The van der Waals surface area contributed by atoms with Gasteiger partial charge in [-0.25, -0.2) is 4.98 Å². The highest BCUT2D eigenvalue weighted by Crippen LogP contribution is 2.36. The van der Waals surface area contributed by atoms with E-state index in [9.17, 15) is 4.79 Å². The van der Waals surface area contributed by atoms with Crippen molar-refractivity contribution < 1.29 is 14.3 Å². The lowest BCUT2D eigenvalue weighted by molar-refractivity contribution is -0.120. The summed E-state index contributed by atoms with van der Waals surface area (Å²) in [6.45, 7) is 3.88. The first-order chi connectivity index (χ1) is 11.3. The Morgan fingerprint density at radius 2 is 2.22 bits per heavy atom. The molecular weight excluding hydrogens is 314 g/mol. The molecule has 0 unspecified atom stereocenters. The highest BCUT2D eigenvalue weighted by molar-refractivity contribution is 7.13. The summed E-state index contributed by atoms with van der Waals surface area (Å²) in [5, 5.41) is 8.86. The molecule has 2 heterocycles. The van der Waals surface area contributed by atoms with Gasteiger partial charge in [-0.1, -0.05) is 6.92 Å². The van der Waals surface area contributed by atoms with Crippen molar-refractivity contribution in [3.05, 3.63) is 29.3 Å². The predicted octanol–water partition coefficient (Wildman–Crippen LogP) is 2.15. The second-order valence-corrected chi connectivity index (χ2v) is 6.02. The lowest BCUT2D eigenvalue weighted by atomic mass is 10.2. The normalized spacial score (nSPS) is 12.4. The van der Waals surface area contributed by atoms with Gasteiger partial charge in [0.1, 0.15) is 5.01 Å². The fourth-order valence-corrected chi connectivity index (χ4v) is 3.00. The maximum absolute atomic E-state index is 11.5. The third-order valence-electron chi connectivity index (χ3n) is 3.34. The van der Waals surface area contributed by atoms with Crippen LogP contribution >= 0.6 is 11.3 Å². The zero-order valence-corrected chi connectivity index (χ0v) is 13.7. The molecule has 0 atom stereocenters. The fraction of sp³-hybridized carbons (Fsp3) is 0.375. The van der Waals surface area contributed by atoms with E-state index in [1.807, 2.05) is 30.5 Å². The molecule has 0 aliphatic carbocycles. The van der Waals surface area contributed by atoms with Crippen molar-refractivity contribution in [2.24, 2.45) is 0 Å². The minimum atomic E-state index is 0.0121. The van der Waals surface area contributed by atoms with E-state index >= 15 is 0 Å². The van der Waals surface area contributed by atoms with Gasteiger partial charge in [0.05, 0.1) is 12.2 Å². The van der Waals surface area contributed by atoms with E-state index in [0.717, 1.165) is 34.2 Å². The molecule has 1 aliphatic rings. The Kier molecular flexibility index (Phi) is 5.09. The molecular formula is C16H19N3O3S. The van der Waals surface area contributed by atoms with Crippen LogP contribution in [0.5, 0.6) is 11.5 Å². The molecule has 1 aromatic heterocycles. The maximum Gasteiger partial charge on any atom is 0.233 e. The van der Waals surface area contributed by atoms with E-state index < -0.39 is 0 Å². The van der Waals surface area contributed by atoms with E-state index in [0.29, 0.717) is 19.6 Å². The van der Waals surface area contributed by atoms with Crippen molar-refractivity contribution in [1.29, 1.82) is 0 Å². The fourth-order valence-electron chi connectivity index (χ4n) is 2.18. The van der Waals surface area contributed by atoms with E-state index in [-0.39, 0.29) is 12.7 Å². The Bertz CT molecular complexity index is 687. The van der Waals surface area contributed by atoms with Crippen LogP contribution in [0.4, 0.5) is 0 Å². The van der Waals surface area contributed by atoms with Gasteiger partial charge < -0.3 is 20.1 Å². The summed E-state index contributed by atoms with van der Waals surface area (Å²) in [6.07, 6.45) is 0.941. The molecule has 0 radical (unpaired) electrons. The maximum atomic E-state index is 11.5. The van der Waals surface area contributed by atoms with E-state index in [4.69, 9.17) is 9.47 Å². The molecule has 3 rings (SSSR count). The van der Waals surface area contributed by atoms with Gasteiger partial charge in [-0.15, -0.1) is 11.3 Å². The standard InChI is InChI=1S/C16H19N3O3S/c1-2-5-18-15(20)8-17-7-12-9-23-16(19-12)11-3-4-13-14(6-11)22-10-21-13/h3-4,6,9,17H,2,5,7-8,10H2,1H3,(H,18,20). The zero-order valence-electron chi connectivity index (χ0n) is 12.9. The van der Waals surface area contributed by atoms with Gasteiger partial charge in [0.2, 0.25) is 12.7 Å². The number of ether oxygens (including phenoxy) is 2. The highest BCUT2D eigenvalue weighted by Gasteiger charge is 2.15. The molecule has 1 aliphatic heterocycles. The summed E-state index contributed by atoms with van der Waals surface area (Å²) in [4.78, 5) is 16.1. The number of amides is 1. The number of rotatable bonds is 7. The number of benzene rings is 1. The van der Waals surface area contributed by atoms with E-state index in [1.54, 1.807) is 11.3 Å². The van der Waals surface area contributed by atoms with Crippen molar-refractivity contribution >= 4 is 17.2 Å². The van der Waals surface area contributed by atoms with Crippen LogP contribution in [0.1, 0.15) is 19.0 Å². The van der Waals surface area contributed by atoms with Crippen LogP contribution in [0.15, 0.2) is 23.6 Å². The third kappa shape index (κ3) is 4.00. The molecule has 0 spiro atoms. The number of hydrogen-bond donors (Lipinski definition) is 2. The van der Waals surface area contributed by atoms with Gasteiger partial charge in [-0.2, -0.15) is 0 Å². The molecule has 0 fully saturated rings. The van der Waals surface area contributed by atoms with Crippen molar-refractivity contribution in [3.8, 4) is 22.1 Å². The largest absolute Gasteiger partial charge is 0.454 e. The molecule has 1 amide bonds. The second kappa shape index (κ2) is 7.43. The minimum absolute atomic E-state index is 0.0121. The Morgan fingerprint density at radius 1 is 1.35 bits per heavy atom. The molecule has 1 aromatic carbocycles. The molecule has 2 aromatic rings. The summed E-state index contributed by atoms with van der Waals surface area (Å²) in [5.41, 5.74) is 1.93. The number of aromatic nitrogens is 1. The van der Waals surface area contributed by atoms with Gasteiger partial charge in [-0.05, 0) is 24.6 Å². The van der Waals surface area contributed by atoms with Crippen LogP contribution < -0.4 is 20.1 Å². The first-order valence-corrected chi connectivity index (χ1v) is 8.46. The van der Waals surface area contributed by atoms with Crippen molar-refractivity contribution in [3.63, 3.8) is 0 Å². The van der Waals surface area contributed by atoms with Gasteiger partial charge in [-0.3, -0.25) is 4.79 Å². The number of fused-ring (bicyclic) bond motifs is 1. The molecule has 0 saturated carbocycles. The average molecular weight is 333 g/mol. The van der Waals surface area contributed by atoms with Crippen molar-refractivity contribution in [2.45, 2.75) is 19.9 Å². The van der Waals surface area contributed by atoms with Gasteiger partial charge in [0, 0.05) is 24.0 Å². The van der Waals surface area contributed by atoms with Crippen LogP contribution in [0, 0.1) is 0 Å². The van der Waals surface area contributed by atoms with Crippen LogP contribution in [-0.4, -0.2) is 30.8 Å². The number of nitrogens with one attached hydrogen (secondary N) is 2. The zero-order chi connectivity index (χ0) is 16.1. The first-order valence-electron chi connectivity index (χ1n) is 7.58. The first kappa shape index (κ1) is 15.8. The van der Waals surface area contributed by atoms with Crippen LogP contribution in [0.3, 0.4) is 0 Å². The number of thiazole rings is 1. The number of hydrogen-bond acceptors (Lipinski definition) is 6. The van der Waals surface area contributed by atoms with Crippen LogP contribution in [-0.2, 0) is 11.3 Å². The molecule has 7 heteroatoms. The molecule has 2 N–H and O–H groups in total. The Labute approximate surface area is 138 Å². The second-order valence-electron chi connectivity index (χ2n) is 5.17. The molecule has 0 bridgehead atoms. The molecule has 6 nitrogen and oxygen atoms in total. The smallest absolute Gasteiger partial charge is 0.233 e. The van der Waals surface area contributed by atoms with E-state index in [1.165, 1.54) is 0 Å². The number of nitrogens with zero attached hydrogens (tertiary/aromatic N) is 1. The summed E-state index contributed by atoms with van der Waals surface area (Å²) < 4.78 is 10.7. The SMILES string of the molecule is CCCNC(=O)CNCc1csc(-c2ccc3c(c2)OCO3)n1. The van der Waals surface area contributed by atoms with Crippen LogP contribution in [0.25, 0.3) is 10.6 Å². The number of carbonyl (C=O) groups excluding carboxylic acids is 1. The van der Waals surface area contributed by atoms with Crippen molar-refractivity contribution in [2.75, 3.05) is 19.9 Å². The summed E-state index contributed by atoms with van der Waals surface area (Å²) in [7, 11) is 0. The monoisotopic (exact) mass is 333 g/mol. The Morgan fingerprint density at radius 3 is 3.09 bits per heavy atom. The van der Waals surface area contributed by atoms with Gasteiger partial charge in [0.25, 0.3) is 0 Å². The third-order valence-corrected chi connectivity index (χ3v) is 4.28.